The minimum atomic E-state index is 0.0604. The highest BCUT2D eigenvalue weighted by atomic mass is 16.3. The van der Waals surface area contributed by atoms with Gasteiger partial charge in [-0.05, 0) is 61.1 Å². The molecule has 0 radical (unpaired) electrons. The Kier molecular flexibility index (Phi) is 4.39. The van der Waals surface area contributed by atoms with Crippen molar-refractivity contribution < 1.29 is 5.11 Å². The molecule has 0 amide bonds. The highest BCUT2D eigenvalue weighted by Crippen LogP contribution is 2.50. The summed E-state index contributed by atoms with van der Waals surface area (Å²) in [4.78, 5) is 2.63. The van der Waals surface area contributed by atoms with E-state index < -0.39 is 0 Å². The molecule has 1 N–H and O–H groups in total. The summed E-state index contributed by atoms with van der Waals surface area (Å²) >= 11 is 0. The number of fused-ring (bicyclic) bond motifs is 2. The van der Waals surface area contributed by atoms with E-state index in [9.17, 15) is 5.11 Å². The average molecular weight is 333 g/mol. The lowest BCUT2D eigenvalue weighted by molar-refractivity contribution is 0.111. The molecule has 4 rings (SSSR count). The molecule has 2 aliphatic rings. The second-order valence-electron chi connectivity index (χ2n) is 7.59. The van der Waals surface area contributed by atoms with E-state index in [4.69, 9.17) is 0 Å². The molecule has 2 fully saturated rings. The van der Waals surface area contributed by atoms with Crippen LogP contribution in [-0.2, 0) is 11.8 Å². The molecule has 0 unspecified atom stereocenters. The fraction of sp³-hybridized carbons (Fsp3) is 0.391. The maximum atomic E-state index is 9.95. The lowest BCUT2D eigenvalue weighted by atomic mass is 9.60. The lowest BCUT2D eigenvalue weighted by Gasteiger charge is -2.53. The normalized spacial score (nSPS) is 26.6. The molecule has 130 valence electrons. The Balaban J connectivity index is 1.53. The maximum absolute atomic E-state index is 9.95. The van der Waals surface area contributed by atoms with E-state index in [1.807, 2.05) is 12.1 Å². The minimum absolute atomic E-state index is 0.0604. The second-order valence-corrected chi connectivity index (χ2v) is 7.59. The fourth-order valence-electron chi connectivity index (χ4n) is 4.89. The summed E-state index contributed by atoms with van der Waals surface area (Å²) in [5.41, 5.74) is 4.09. The lowest BCUT2D eigenvalue weighted by Crippen LogP contribution is -2.53. The molecular weight excluding hydrogens is 306 g/mol. The number of phenolic OH excluding ortho intramolecular Hbond substituents is 1. The molecule has 2 nitrogen and oxygen atoms in total. The third-order valence-corrected chi connectivity index (χ3v) is 6.29. The van der Waals surface area contributed by atoms with Crippen molar-refractivity contribution in [3.8, 4) is 5.75 Å². The van der Waals surface area contributed by atoms with Gasteiger partial charge in [-0.1, -0.05) is 55.5 Å². The standard InChI is InChI=1S/C23H27NO/c1-18-22-11-6-13-23(18,20-9-5-10-21(25)17-20)14-16-24(22)15-12-19-7-3-2-4-8-19/h2-5,7-10,17,22,25H,1,6,11-16H2/t22-,23+/m1/s1. The molecule has 1 aliphatic heterocycles. The number of aromatic hydroxyl groups is 1. The van der Waals surface area contributed by atoms with Gasteiger partial charge in [0.15, 0.2) is 0 Å². The van der Waals surface area contributed by atoms with Gasteiger partial charge in [0.05, 0.1) is 0 Å². The Morgan fingerprint density at radius 3 is 2.72 bits per heavy atom. The number of nitrogens with zero attached hydrogens (tertiary/aromatic N) is 1. The van der Waals surface area contributed by atoms with E-state index in [-0.39, 0.29) is 5.41 Å². The average Bonchev–Trinajstić information content (AvgIpc) is 2.62. The number of likely N-dealkylation sites (tertiary alicyclic amines) is 1. The number of hydrogen-bond donors (Lipinski definition) is 1. The third kappa shape index (κ3) is 3.00. The van der Waals surface area contributed by atoms with Crippen molar-refractivity contribution in [3.05, 3.63) is 77.9 Å². The minimum Gasteiger partial charge on any atom is -0.508 e. The van der Waals surface area contributed by atoms with Gasteiger partial charge in [0.25, 0.3) is 0 Å². The van der Waals surface area contributed by atoms with Crippen LogP contribution in [0, 0.1) is 0 Å². The predicted molar refractivity (Wildman–Crippen MR) is 103 cm³/mol. The summed E-state index contributed by atoms with van der Waals surface area (Å²) in [5, 5.41) is 9.95. The monoisotopic (exact) mass is 333 g/mol. The smallest absolute Gasteiger partial charge is 0.115 e. The van der Waals surface area contributed by atoms with Crippen LogP contribution in [0.4, 0.5) is 0 Å². The number of benzene rings is 2. The molecule has 2 aromatic carbocycles. The van der Waals surface area contributed by atoms with Crippen molar-refractivity contribution in [1.29, 1.82) is 0 Å². The summed E-state index contributed by atoms with van der Waals surface area (Å²) in [5.74, 6) is 0.369. The van der Waals surface area contributed by atoms with Crippen molar-refractivity contribution in [1.82, 2.24) is 4.90 Å². The Hall–Kier alpha value is -2.06. The molecule has 25 heavy (non-hydrogen) atoms. The highest BCUT2D eigenvalue weighted by Gasteiger charge is 2.46. The number of hydrogen-bond acceptors (Lipinski definition) is 2. The zero-order valence-electron chi connectivity index (χ0n) is 14.8. The second kappa shape index (κ2) is 6.68. The van der Waals surface area contributed by atoms with Crippen LogP contribution < -0.4 is 0 Å². The van der Waals surface area contributed by atoms with Crippen LogP contribution in [0.1, 0.15) is 36.8 Å². The van der Waals surface area contributed by atoms with Gasteiger partial charge in [-0.25, -0.2) is 0 Å². The highest BCUT2D eigenvalue weighted by molar-refractivity contribution is 5.43. The van der Waals surface area contributed by atoms with Crippen molar-refractivity contribution in [2.75, 3.05) is 13.1 Å². The van der Waals surface area contributed by atoms with E-state index in [1.54, 1.807) is 6.07 Å². The summed E-state index contributed by atoms with van der Waals surface area (Å²) in [6.45, 7) is 6.78. The van der Waals surface area contributed by atoms with E-state index in [0.29, 0.717) is 11.8 Å². The number of phenols is 1. The maximum Gasteiger partial charge on any atom is 0.115 e. The summed E-state index contributed by atoms with van der Waals surface area (Å²) in [6, 6.07) is 19.1. The van der Waals surface area contributed by atoms with Gasteiger partial charge < -0.3 is 5.11 Å². The van der Waals surface area contributed by atoms with E-state index in [0.717, 1.165) is 32.4 Å². The van der Waals surface area contributed by atoms with Crippen LogP contribution in [0.25, 0.3) is 0 Å². The van der Waals surface area contributed by atoms with Gasteiger partial charge in [-0.2, -0.15) is 0 Å². The Labute approximate surface area is 150 Å². The summed E-state index contributed by atoms with van der Waals surface area (Å²) < 4.78 is 0. The van der Waals surface area contributed by atoms with Crippen LogP contribution in [0.2, 0.25) is 0 Å². The fourth-order valence-corrected chi connectivity index (χ4v) is 4.89. The molecule has 2 heteroatoms. The molecule has 1 saturated heterocycles. The van der Waals surface area contributed by atoms with Crippen LogP contribution >= 0.6 is 0 Å². The molecule has 1 heterocycles. The van der Waals surface area contributed by atoms with Gasteiger partial charge in [-0.3, -0.25) is 4.90 Å². The van der Waals surface area contributed by atoms with Crippen molar-refractivity contribution in [2.45, 2.75) is 43.6 Å². The molecule has 1 saturated carbocycles. The number of piperidine rings is 1. The van der Waals surface area contributed by atoms with Crippen molar-refractivity contribution in [3.63, 3.8) is 0 Å². The van der Waals surface area contributed by atoms with Crippen LogP contribution in [0.15, 0.2) is 66.7 Å². The van der Waals surface area contributed by atoms with Gasteiger partial charge in [0.1, 0.15) is 5.75 Å². The van der Waals surface area contributed by atoms with Crippen LogP contribution in [0.5, 0.6) is 5.75 Å². The van der Waals surface area contributed by atoms with Crippen molar-refractivity contribution >= 4 is 0 Å². The first-order chi connectivity index (χ1) is 12.2. The van der Waals surface area contributed by atoms with E-state index in [2.05, 4.69) is 47.9 Å². The SMILES string of the molecule is C=C1[C@H]2CCC[C@]1(c1cccc(O)c1)CCN2CCc1ccccc1. The molecule has 2 atom stereocenters. The van der Waals surface area contributed by atoms with Gasteiger partial charge in [0.2, 0.25) is 0 Å². The van der Waals surface area contributed by atoms with Crippen LogP contribution in [-0.4, -0.2) is 29.1 Å². The van der Waals surface area contributed by atoms with E-state index in [1.165, 1.54) is 29.5 Å². The van der Waals surface area contributed by atoms with E-state index >= 15 is 0 Å². The van der Waals surface area contributed by atoms with Gasteiger partial charge in [-0.15, -0.1) is 0 Å². The summed E-state index contributed by atoms with van der Waals surface area (Å²) in [7, 11) is 0. The molecule has 2 aromatic rings. The number of rotatable bonds is 4. The Bertz CT molecular complexity index is 754. The summed E-state index contributed by atoms with van der Waals surface area (Å²) in [6.07, 6.45) is 5.83. The predicted octanol–water partition coefficient (Wildman–Crippen LogP) is 4.69. The molecule has 0 spiro atoms. The topological polar surface area (TPSA) is 23.5 Å². The largest absolute Gasteiger partial charge is 0.508 e. The van der Waals surface area contributed by atoms with Gasteiger partial charge in [0, 0.05) is 18.0 Å². The Morgan fingerprint density at radius 2 is 1.92 bits per heavy atom. The Morgan fingerprint density at radius 1 is 1.08 bits per heavy atom. The third-order valence-electron chi connectivity index (χ3n) is 6.29. The van der Waals surface area contributed by atoms with Crippen LogP contribution in [0.3, 0.4) is 0 Å². The first-order valence-corrected chi connectivity index (χ1v) is 9.46. The molecular formula is C23H27NO. The molecule has 1 aliphatic carbocycles. The van der Waals surface area contributed by atoms with Gasteiger partial charge >= 0.3 is 0 Å². The first kappa shape index (κ1) is 16.4. The first-order valence-electron chi connectivity index (χ1n) is 9.46. The quantitative estimate of drug-likeness (QED) is 0.821. The zero-order chi connectivity index (χ0) is 17.3. The molecule has 0 aromatic heterocycles. The molecule has 2 bridgehead atoms. The van der Waals surface area contributed by atoms with Crippen molar-refractivity contribution in [2.24, 2.45) is 0 Å². The zero-order valence-corrected chi connectivity index (χ0v) is 14.8.